The van der Waals surface area contributed by atoms with Crippen LogP contribution in [-0.4, -0.2) is 23.2 Å². The number of amides is 1. The largest absolute Gasteiger partial charge is 0.410 e. The number of thioether (sulfide) groups is 1. The molecule has 0 aliphatic rings. The summed E-state index contributed by atoms with van der Waals surface area (Å²) in [6.07, 6.45) is 0. The van der Waals surface area contributed by atoms with Gasteiger partial charge in [0.1, 0.15) is 5.04 Å². The first-order chi connectivity index (χ1) is 5.67. The van der Waals surface area contributed by atoms with Gasteiger partial charge in [-0.2, -0.15) is 0 Å². The second kappa shape index (κ2) is 5.65. The van der Waals surface area contributed by atoms with E-state index in [4.69, 9.17) is 5.21 Å². The molecule has 0 aromatic carbocycles. The van der Waals surface area contributed by atoms with Gasteiger partial charge in [-0.05, 0) is 12.3 Å². The molecular weight excluding hydrogens is 176 g/mol. The third-order valence-corrected chi connectivity index (χ3v) is 2.16. The molecular formula is C7H12N2O2S. The van der Waals surface area contributed by atoms with Crippen molar-refractivity contribution < 1.29 is 10.0 Å². The van der Waals surface area contributed by atoms with E-state index in [0.717, 1.165) is 11.8 Å². The fourth-order valence-electron chi connectivity index (χ4n) is 0.626. The summed E-state index contributed by atoms with van der Waals surface area (Å²) in [6, 6.07) is 0. The van der Waals surface area contributed by atoms with E-state index >= 15 is 0 Å². The van der Waals surface area contributed by atoms with Crippen LogP contribution in [0.25, 0.3) is 0 Å². The standard InChI is InChI=1S/C7H12N2O2S/c1-4-12-7(9-11)5(2)6(10)8-3/h4-5,11H,1H2,2-3H3,(H,8,10). The molecule has 1 unspecified atom stereocenters. The molecule has 2 N–H and O–H groups in total. The van der Waals surface area contributed by atoms with E-state index in [-0.39, 0.29) is 5.91 Å². The van der Waals surface area contributed by atoms with Crippen LogP contribution >= 0.6 is 11.8 Å². The number of oxime groups is 1. The minimum atomic E-state index is -0.442. The minimum absolute atomic E-state index is 0.183. The van der Waals surface area contributed by atoms with Crippen molar-refractivity contribution in [2.24, 2.45) is 11.1 Å². The zero-order valence-corrected chi connectivity index (χ0v) is 7.89. The summed E-state index contributed by atoms with van der Waals surface area (Å²) in [5.41, 5.74) is 0. The molecule has 0 rings (SSSR count). The minimum Gasteiger partial charge on any atom is -0.410 e. The zero-order valence-electron chi connectivity index (χ0n) is 7.07. The number of hydrogen-bond donors (Lipinski definition) is 2. The normalized spacial score (nSPS) is 13.7. The second-order valence-corrected chi connectivity index (χ2v) is 3.05. The van der Waals surface area contributed by atoms with Crippen LogP contribution in [0.1, 0.15) is 6.92 Å². The van der Waals surface area contributed by atoms with Gasteiger partial charge in [-0.1, -0.05) is 23.5 Å². The molecule has 0 saturated carbocycles. The zero-order chi connectivity index (χ0) is 9.56. The smallest absolute Gasteiger partial charge is 0.229 e. The molecule has 1 amide bonds. The summed E-state index contributed by atoms with van der Waals surface area (Å²) in [5, 5.41) is 15.8. The molecule has 1 atom stereocenters. The summed E-state index contributed by atoms with van der Waals surface area (Å²) in [7, 11) is 1.53. The van der Waals surface area contributed by atoms with Crippen LogP contribution in [0.5, 0.6) is 0 Å². The van der Waals surface area contributed by atoms with Crippen molar-refractivity contribution in [2.75, 3.05) is 7.05 Å². The van der Waals surface area contributed by atoms with E-state index in [1.165, 1.54) is 12.5 Å². The quantitative estimate of drug-likeness (QED) is 0.301. The van der Waals surface area contributed by atoms with Crippen LogP contribution in [0.3, 0.4) is 0 Å². The maximum Gasteiger partial charge on any atom is 0.229 e. The van der Waals surface area contributed by atoms with Gasteiger partial charge in [0, 0.05) is 7.05 Å². The van der Waals surface area contributed by atoms with Gasteiger partial charge in [0.25, 0.3) is 0 Å². The fourth-order valence-corrected chi connectivity index (χ4v) is 1.16. The number of rotatable bonds is 3. The van der Waals surface area contributed by atoms with Gasteiger partial charge in [0.2, 0.25) is 5.91 Å². The van der Waals surface area contributed by atoms with Crippen molar-refractivity contribution in [1.29, 1.82) is 0 Å². The average Bonchev–Trinajstić information content (AvgIpc) is 2.11. The van der Waals surface area contributed by atoms with Gasteiger partial charge in [-0.25, -0.2) is 0 Å². The molecule has 0 aliphatic heterocycles. The topological polar surface area (TPSA) is 61.7 Å². The molecule has 0 bridgehead atoms. The van der Waals surface area contributed by atoms with Crippen molar-refractivity contribution in [3.63, 3.8) is 0 Å². The van der Waals surface area contributed by atoms with Crippen LogP contribution in [0.2, 0.25) is 0 Å². The van der Waals surface area contributed by atoms with Crippen LogP contribution in [0, 0.1) is 5.92 Å². The summed E-state index contributed by atoms with van der Waals surface area (Å²) >= 11 is 1.13. The fraction of sp³-hybridized carbons (Fsp3) is 0.429. The lowest BCUT2D eigenvalue weighted by atomic mass is 10.2. The van der Waals surface area contributed by atoms with E-state index in [0.29, 0.717) is 5.04 Å². The molecule has 68 valence electrons. The van der Waals surface area contributed by atoms with Gasteiger partial charge in [0.15, 0.2) is 0 Å². The van der Waals surface area contributed by atoms with Crippen molar-refractivity contribution >= 4 is 22.7 Å². The summed E-state index contributed by atoms with van der Waals surface area (Å²) in [4.78, 5) is 11.0. The van der Waals surface area contributed by atoms with E-state index < -0.39 is 5.92 Å². The molecule has 0 aromatic heterocycles. The molecule has 0 aromatic rings. The molecule has 0 radical (unpaired) electrons. The Kier molecular flexibility index (Phi) is 5.19. The predicted octanol–water partition coefficient (Wildman–Crippen LogP) is 1.03. The van der Waals surface area contributed by atoms with Crippen molar-refractivity contribution in [1.82, 2.24) is 5.32 Å². The summed E-state index contributed by atoms with van der Waals surface area (Å²) in [6.45, 7) is 5.11. The Balaban J connectivity index is 4.31. The van der Waals surface area contributed by atoms with Gasteiger partial charge in [-0.3, -0.25) is 4.79 Å². The van der Waals surface area contributed by atoms with Crippen LogP contribution < -0.4 is 5.32 Å². The molecule has 12 heavy (non-hydrogen) atoms. The van der Waals surface area contributed by atoms with Gasteiger partial charge in [0.05, 0.1) is 5.92 Å². The van der Waals surface area contributed by atoms with Gasteiger partial charge < -0.3 is 10.5 Å². The lowest BCUT2D eigenvalue weighted by Gasteiger charge is -2.08. The third kappa shape index (κ3) is 2.96. The average molecular weight is 188 g/mol. The number of nitrogens with zero attached hydrogens (tertiary/aromatic N) is 1. The van der Waals surface area contributed by atoms with Crippen LogP contribution in [0.4, 0.5) is 0 Å². The Morgan fingerprint density at radius 1 is 1.83 bits per heavy atom. The molecule has 0 fully saturated rings. The van der Waals surface area contributed by atoms with Crippen molar-refractivity contribution in [3.8, 4) is 0 Å². The molecule has 5 heteroatoms. The highest BCUT2D eigenvalue weighted by Crippen LogP contribution is 2.13. The lowest BCUT2D eigenvalue weighted by molar-refractivity contribution is -0.122. The summed E-state index contributed by atoms with van der Waals surface area (Å²) < 4.78 is 0. The monoisotopic (exact) mass is 188 g/mol. The van der Waals surface area contributed by atoms with Crippen LogP contribution in [0.15, 0.2) is 17.1 Å². The molecule has 0 aliphatic carbocycles. The first kappa shape index (κ1) is 11.0. The van der Waals surface area contributed by atoms with E-state index in [2.05, 4.69) is 17.1 Å². The van der Waals surface area contributed by atoms with Gasteiger partial charge >= 0.3 is 0 Å². The lowest BCUT2D eigenvalue weighted by Crippen LogP contribution is -2.29. The Bertz CT molecular complexity index is 204. The Morgan fingerprint density at radius 3 is 2.75 bits per heavy atom. The molecule has 0 heterocycles. The maximum atomic E-state index is 11.0. The SMILES string of the molecule is C=CSC(=NO)C(C)C(=O)NC. The van der Waals surface area contributed by atoms with Gasteiger partial charge in [-0.15, -0.1) is 0 Å². The number of nitrogens with one attached hydrogen (secondary N) is 1. The highest BCUT2D eigenvalue weighted by molar-refractivity contribution is 8.16. The molecule has 4 nitrogen and oxygen atoms in total. The molecule has 0 spiro atoms. The van der Waals surface area contributed by atoms with Crippen molar-refractivity contribution in [2.45, 2.75) is 6.92 Å². The Morgan fingerprint density at radius 2 is 2.42 bits per heavy atom. The number of carbonyl (C=O) groups excluding carboxylic acids is 1. The summed E-state index contributed by atoms with van der Waals surface area (Å²) in [5.74, 6) is -0.625. The van der Waals surface area contributed by atoms with E-state index in [1.54, 1.807) is 6.92 Å². The predicted molar refractivity (Wildman–Crippen MR) is 50.2 cm³/mol. The highest BCUT2D eigenvalue weighted by Gasteiger charge is 2.17. The third-order valence-electron chi connectivity index (χ3n) is 1.31. The first-order valence-electron chi connectivity index (χ1n) is 3.38. The second-order valence-electron chi connectivity index (χ2n) is 2.06. The molecule has 0 saturated heterocycles. The van der Waals surface area contributed by atoms with Crippen LogP contribution in [-0.2, 0) is 4.79 Å². The first-order valence-corrected chi connectivity index (χ1v) is 4.26. The van der Waals surface area contributed by atoms with E-state index in [9.17, 15) is 4.79 Å². The number of carbonyl (C=O) groups is 1. The highest BCUT2D eigenvalue weighted by atomic mass is 32.2. The Labute approximate surface area is 75.7 Å². The Hall–Kier alpha value is -0.970. The van der Waals surface area contributed by atoms with E-state index in [1.807, 2.05) is 0 Å². The van der Waals surface area contributed by atoms with Crippen molar-refractivity contribution in [3.05, 3.63) is 12.0 Å². The number of hydrogen-bond acceptors (Lipinski definition) is 4. The maximum absolute atomic E-state index is 11.0.